The highest BCUT2D eigenvalue weighted by atomic mass is 28.4. The second kappa shape index (κ2) is 15.3. The molecule has 0 fully saturated rings. The first-order valence-corrected chi connectivity index (χ1v) is 19.0. The van der Waals surface area contributed by atoms with Crippen molar-refractivity contribution in [2.45, 2.75) is 64.1 Å². The van der Waals surface area contributed by atoms with E-state index in [-0.39, 0.29) is 44.4 Å². The van der Waals surface area contributed by atoms with E-state index in [2.05, 4.69) is 33.9 Å². The van der Waals surface area contributed by atoms with Gasteiger partial charge in [-0.1, -0.05) is 75.4 Å². The Kier molecular flexibility index (Phi) is 11.7. The van der Waals surface area contributed by atoms with Crippen LogP contribution in [-0.4, -0.2) is 56.0 Å². The minimum absolute atomic E-state index is 0.00152. The highest BCUT2D eigenvalue weighted by Crippen LogP contribution is 2.41. The summed E-state index contributed by atoms with van der Waals surface area (Å²) in [4.78, 5) is 40.7. The van der Waals surface area contributed by atoms with Crippen molar-refractivity contribution < 1.29 is 18.6 Å². The number of hydrogen-bond donors (Lipinski definition) is 1. The van der Waals surface area contributed by atoms with Crippen molar-refractivity contribution >= 4 is 8.32 Å². The zero-order chi connectivity index (χ0) is 35.1. The average molecular weight is 677 g/mol. The molecule has 1 aromatic heterocycles. The molecule has 0 atom stereocenters. The molecule has 12 heteroatoms. The van der Waals surface area contributed by atoms with Gasteiger partial charge in [-0.05, 0) is 59.1 Å². The van der Waals surface area contributed by atoms with Gasteiger partial charge in [0.2, 0.25) is 0 Å². The third-order valence-electron chi connectivity index (χ3n) is 9.13. The number of nitrogens with two attached hydrogens (primary N) is 1. The molecule has 4 rings (SSSR count). The van der Waals surface area contributed by atoms with E-state index < -0.39 is 31.0 Å². The standard InChI is InChI=1S/C36H48N4O7Si/c1-35(2,3)48(6,7)47-26-24-40-33(42)38(22-21-37)32(41)39(34(40)43)23-25-46-36(27-11-9-8-10-12-27,28-13-17-30(44-4)18-14-28)29-15-19-31(45-5)20-16-29/h8-20H,21-26,37H2,1-7H3. The van der Waals surface area contributed by atoms with E-state index in [1.54, 1.807) is 14.2 Å². The Morgan fingerprint density at radius 1 is 0.625 bits per heavy atom. The molecule has 0 radical (unpaired) electrons. The molecule has 3 aromatic carbocycles. The third kappa shape index (κ3) is 7.57. The fraction of sp³-hybridized carbons (Fsp3) is 0.417. The summed E-state index contributed by atoms with van der Waals surface area (Å²) in [6, 6.07) is 24.9. The Bertz CT molecular complexity index is 1780. The fourth-order valence-electron chi connectivity index (χ4n) is 5.36. The first kappa shape index (κ1) is 36.6. The molecule has 258 valence electrons. The van der Waals surface area contributed by atoms with Crippen LogP contribution >= 0.6 is 0 Å². The van der Waals surface area contributed by atoms with Gasteiger partial charge in [-0.15, -0.1) is 0 Å². The Morgan fingerprint density at radius 3 is 1.46 bits per heavy atom. The van der Waals surface area contributed by atoms with Crippen molar-refractivity contribution in [3.05, 3.63) is 127 Å². The maximum Gasteiger partial charge on any atom is 0.336 e. The second-order valence-electron chi connectivity index (χ2n) is 13.1. The minimum atomic E-state index is -2.15. The number of methoxy groups -OCH3 is 2. The van der Waals surface area contributed by atoms with E-state index in [1.807, 2.05) is 78.9 Å². The topological polar surface area (TPSA) is 129 Å². The highest BCUT2D eigenvalue weighted by Gasteiger charge is 2.39. The Morgan fingerprint density at radius 2 is 1.04 bits per heavy atom. The molecule has 1 heterocycles. The van der Waals surface area contributed by atoms with Gasteiger partial charge in [0.1, 0.15) is 17.1 Å². The largest absolute Gasteiger partial charge is 0.497 e. The summed E-state index contributed by atoms with van der Waals surface area (Å²) >= 11 is 0. The van der Waals surface area contributed by atoms with Gasteiger partial charge in [0.25, 0.3) is 0 Å². The molecule has 0 saturated carbocycles. The van der Waals surface area contributed by atoms with Gasteiger partial charge in [-0.25, -0.2) is 28.1 Å². The van der Waals surface area contributed by atoms with Crippen molar-refractivity contribution in [3.63, 3.8) is 0 Å². The molecule has 11 nitrogen and oxygen atoms in total. The molecule has 0 unspecified atom stereocenters. The van der Waals surface area contributed by atoms with E-state index in [1.165, 1.54) is 0 Å². The first-order valence-electron chi connectivity index (χ1n) is 16.1. The number of rotatable bonds is 15. The lowest BCUT2D eigenvalue weighted by Gasteiger charge is -2.36. The van der Waals surface area contributed by atoms with Crippen LogP contribution in [0.15, 0.2) is 93.2 Å². The van der Waals surface area contributed by atoms with Crippen LogP contribution in [0.4, 0.5) is 0 Å². The molecule has 0 bridgehead atoms. The van der Waals surface area contributed by atoms with E-state index in [0.717, 1.165) is 30.4 Å². The molecular formula is C36H48N4O7Si. The molecule has 0 aliphatic carbocycles. The van der Waals surface area contributed by atoms with Gasteiger partial charge in [-0.2, -0.15) is 0 Å². The van der Waals surface area contributed by atoms with Crippen LogP contribution in [0.5, 0.6) is 11.5 Å². The van der Waals surface area contributed by atoms with E-state index in [0.29, 0.717) is 11.5 Å². The maximum atomic E-state index is 13.8. The molecule has 0 aliphatic rings. The Hall–Kier alpha value is -4.23. The summed E-state index contributed by atoms with van der Waals surface area (Å²) in [6.45, 7) is 10.6. The van der Waals surface area contributed by atoms with Gasteiger partial charge < -0.3 is 24.4 Å². The van der Waals surface area contributed by atoms with Crippen LogP contribution in [-0.2, 0) is 34.4 Å². The summed E-state index contributed by atoms with van der Waals surface area (Å²) in [7, 11) is 1.06. The number of ether oxygens (including phenoxy) is 3. The molecular weight excluding hydrogens is 629 g/mol. The number of hydrogen-bond acceptors (Lipinski definition) is 8. The number of aromatic nitrogens is 3. The summed E-state index contributed by atoms with van der Waals surface area (Å²) in [5.74, 6) is 1.37. The van der Waals surface area contributed by atoms with E-state index in [9.17, 15) is 14.4 Å². The van der Waals surface area contributed by atoms with Crippen molar-refractivity contribution in [1.82, 2.24) is 13.7 Å². The van der Waals surface area contributed by atoms with Crippen LogP contribution in [0.1, 0.15) is 37.5 Å². The molecule has 0 spiro atoms. The van der Waals surface area contributed by atoms with Crippen LogP contribution in [0.3, 0.4) is 0 Å². The predicted molar refractivity (Wildman–Crippen MR) is 190 cm³/mol. The molecule has 4 aromatic rings. The lowest BCUT2D eigenvalue weighted by Crippen LogP contribution is -2.56. The average Bonchev–Trinajstić information content (AvgIpc) is 3.08. The van der Waals surface area contributed by atoms with Gasteiger partial charge in [0.15, 0.2) is 8.32 Å². The molecule has 0 saturated heterocycles. The van der Waals surface area contributed by atoms with Crippen LogP contribution in [0, 0.1) is 0 Å². The van der Waals surface area contributed by atoms with E-state index >= 15 is 0 Å². The van der Waals surface area contributed by atoms with Gasteiger partial charge >= 0.3 is 17.1 Å². The lowest BCUT2D eigenvalue weighted by atomic mass is 9.80. The summed E-state index contributed by atoms with van der Waals surface area (Å²) in [5.41, 5.74) is 4.91. The van der Waals surface area contributed by atoms with Gasteiger partial charge in [0, 0.05) is 13.1 Å². The van der Waals surface area contributed by atoms with Gasteiger partial charge in [-0.3, -0.25) is 0 Å². The van der Waals surface area contributed by atoms with Crippen LogP contribution in [0.25, 0.3) is 0 Å². The SMILES string of the molecule is COc1ccc(C(OCCn2c(=O)n(CCN)c(=O)n(CCO[Si](C)(C)C(C)(C)C)c2=O)(c2ccccc2)c2ccc(OC)cc2)cc1. The summed E-state index contributed by atoms with van der Waals surface area (Å²) in [5, 5.41) is -0.0487. The number of benzene rings is 3. The monoisotopic (exact) mass is 676 g/mol. The number of nitrogens with zero attached hydrogens (tertiary/aromatic N) is 3. The fourth-order valence-corrected chi connectivity index (χ4v) is 6.39. The second-order valence-corrected chi connectivity index (χ2v) is 17.9. The third-order valence-corrected chi connectivity index (χ3v) is 13.7. The van der Waals surface area contributed by atoms with Crippen molar-refractivity contribution in [1.29, 1.82) is 0 Å². The van der Waals surface area contributed by atoms with Crippen molar-refractivity contribution in [2.75, 3.05) is 34.0 Å². The first-order chi connectivity index (χ1) is 22.8. The van der Waals surface area contributed by atoms with Crippen LogP contribution < -0.4 is 32.3 Å². The quantitative estimate of drug-likeness (QED) is 0.147. The summed E-state index contributed by atoms with van der Waals surface area (Å²) < 4.78 is 27.1. The lowest BCUT2D eigenvalue weighted by molar-refractivity contribution is 0.00696. The van der Waals surface area contributed by atoms with Crippen molar-refractivity contribution in [3.8, 4) is 11.5 Å². The Balaban J connectivity index is 1.77. The predicted octanol–water partition coefficient (Wildman–Crippen LogP) is 4.18. The van der Waals surface area contributed by atoms with Crippen LogP contribution in [0.2, 0.25) is 18.1 Å². The maximum absolute atomic E-state index is 13.8. The zero-order valence-electron chi connectivity index (χ0n) is 29.0. The Labute approximate surface area is 282 Å². The molecule has 0 amide bonds. The normalized spacial score (nSPS) is 12.2. The van der Waals surface area contributed by atoms with Gasteiger partial charge in [0.05, 0.1) is 40.5 Å². The van der Waals surface area contributed by atoms with E-state index in [4.69, 9.17) is 24.4 Å². The van der Waals surface area contributed by atoms with Crippen molar-refractivity contribution in [2.24, 2.45) is 5.73 Å². The molecule has 0 aliphatic heterocycles. The minimum Gasteiger partial charge on any atom is -0.497 e. The zero-order valence-corrected chi connectivity index (χ0v) is 30.0. The molecule has 48 heavy (non-hydrogen) atoms. The highest BCUT2D eigenvalue weighted by molar-refractivity contribution is 6.74. The molecule has 2 N–H and O–H groups in total. The summed E-state index contributed by atoms with van der Waals surface area (Å²) in [6.07, 6.45) is 0. The smallest absolute Gasteiger partial charge is 0.336 e.